The lowest BCUT2D eigenvalue weighted by molar-refractivity contribution is -0.121. The van der Waals surface area contributed by atoms with Gasteiger partial charge in [0.15, 0.2) is 5.65 Å². The van der Waals surface area contributed by atoms with E-state index in [0.717, 1.165) is 11.9 Å². The predicted octanol–water partition coefficient (Wildman–Crippen LogP) is 1.58. The molecular weight excluding hydrogens is 320 g/mol. The number of ether oxygens (including phenoxy) is 1. The van der Waals surface area contributed by atoms with Crippen molar-refractivity contribution in [3.8, 4) is 0 Å². The summed E-state index contributed by atoms with van der Waals surface area (Å²) in [5.74, 6) is -0.00909. The van der Waals surface area contributed by atoms with Gasteiger partial charge in [-0.05, 0) is 37.1 Å². The van der Waals surface area contributed by atoms with Gasteiger partial charge < -0.3 is 14.5 Å². The van der Waals surface area contributed by atoms with E-state index in [1.807, 2.05) is 28.8 Å². The molecule has 0 radical (unpaired) electrons. The molecule has 3 heterocycles. The highest BCUT2D eigenvalue weighted by atomic mass is 16.5. The van der Waals surface area contributed by atoms with Gasteiger partial charge in [0.1, 0.15) is 5.52 Å². The average Bonchev–Trinajstić information content (AvgIpc) is 3.12. The van der Waals surface area contributed by atoms with Crippen LogP contribution in [0, 0.1) is 0 Å². The van der Waals surface area contributed by atoms with Crippen molar-refractivity contribution >= 4 is 22.6 Å². The van der Waals surface area contributed by atoms with Crippen molar-refractivity contribution in [1.82, 2.24) is 19.3 Å². The second-order valence-corrected chi connectivity index (χ2v) is 5.87. The minimum absolute atomic E-state index is 0.00909. The lowest BCUT2D eigenvalue weighted by Crippen LogP contribution is -2.27. The molecule has 0 bridgehead atoms. The molecule has 1 amide bonds. The Bertz CT molecular complexity index is 929. The van der Waals surface area contributed by atoms with Gasteiger partial charge in [-0.1, -0.05) is 0 Å². The molecule has 0 saturated heterocycles. The highest BCUT2D eigenvalue weighted by Crippen LogP contribution is 2.13. The van der Waals surface area contributed by atoms with E-state index < -0.39 is 0 Å². The number of carbonyl (C=O) groups is 1. The Kier molecular flexibility index (Phi) is 5.45. The molecule has 0 atom stereocenters. The van der Waals surface area contributed by atoms with E-state index in [1.165, 1.54) is 0 Å². The topological polar surface area (TPSA) is 77.6 Å². The van der Waals surface area contributed by atoms with E-state index in [-0.39, 0.29) is 11.5 Å². The largest absolute Gasteiger partial charge is 0.385 e. The Hall–Kier alpha value is -2.67. The highest BCUT2D eigenvalue weighted by molar-refractivity contribution is 5.76. The smallest absolute Gasteiger partial charge is 0.276 e. The molecule has 0 aliphatic carbocycles. The molecule has 3 aromatic heterocycles. The minimum atomic E-state index is -0.0864. The van der Waals surface area contributed by atoms with Crippen molar-refractivity contribution in [2.75, 3.05) is 20.3 Å². The van der Waals surface area contributed by atoms with Crippen LogP contribution < -0.4 is 10.9 Å². The van der Waals surface area contributed by atoms with Gasteiger partial charge in [0, 0.05) is 45.6 Å². The zero-order chi connectivity index (χ0) is 17.6. The molecule has 7 nitrogen and oxygen atoms in total. The van der Waals surface area contributed by atoms with Crippen molar-refractivity contribution < 1.29 is 9.53 Å². The van der Waals surface area contributed by atoms with E-state index in [1.54, 1.807) is 23.9 Å². The third-order valence-electron chi connectivity index (χ3n) is 4.13. The molecule has 3 aromatic rings. The number of aryl methyl sites for hydroxylation is 1. The first-order valence-electron chi connectivity index (χ1n) is 8.42. The zero-order valence-corrected chi connectivity index (χ0v) is 14.3. The van der Waals surface area contributed by atoms with Crippen molar-refractivity contribution in [3.05, 3.63) is 47.0 Å². The maximum Gasteiger partial charge on any atom is 0.276 e. The van der Waals surface area contributed by atoms with Gasteiger partial charge >= 0.3 is 0 Å². The molecule has 0 aliphatic heterocycles. The summed E-state index contributed by atoms with van der Waals surface area (Å²) in [5, 5.41) is 2.85. The third-order valence-corrected chi connectivity index (χ3v) is 4.13. The number of fused-ring (bicyclic) bond motifs is 3. The maximum atomic E-state index is 12.7. The van der Waals surface area contributed by atoms with Gasteiger partial charge in [-0.25, -0.2) is 4.98 Å². The van der Waals surface area contributed by atoms with Crippen LogP contribution in [0.25, 0.3) is 16.7 Å². The summed E-state index contributed by atoms with van der Waals surface area (Å²) in [6.07, 6.45) is 5.29. The lowest BCUT2D eigenvalue weighted by Gasteiger charge is -2.11. The molecule has 25 heavy (non-hydrogen) atoms. The molecule has 132 valence electrons. The van der Waals surface area contributed by atoms with Crippen LogP contribution in [0.1, 0.15) is 19.3 Å². The number of nitrogens with zero attached hydrogens (tertiary/aromatic N) is 3. The Morgan fingerprint density at radius 2 is 2.08 bits per heavy atom. The normalized spacial score (nSPS) is 11.2. The summed E-state index contributed by atoms with van der Waals surface area (Å²) in [4.78, 5) is 28.9. The Balaban J connectivity index is 1.72. The standard InChI is InChI=1S/C18H22N4O3/c1-25-13-5-10-19-16(23)8-4-12-22-17-14(6-2-9-20-17)21-11-3-7-15(21)18(22)24/h2-3,6-7,9,11H,4-5,8,10,12-13H2,1H3,(H,19,23). The first kappa shape index (κ1) is 17.2. The predicted molar refractivity (Wildman–Crippen MR) is 95.7 cm³/mol. The first-order chi connectivity index (χ1) is 12.2. The summed E-state index contributed by atoms with van der Waals surface area (Å²) < 4.78 is 8.45. The molecule has 0 unspecified atom stereocenters. The van der Waals surface area contributed by atoms with Crippen LogP contribution in [-0.2, 0) is 16.1 Å². The fourth-order valence-electron chi connectivity index (χ4n) is 2.92. The maximum absolute atomic E-state index is 12.7. The van der Waals surface area contributed by atoms with E-state index in [2.05, 4.69) is 10.3 Å². The second kappa shape index (κ2) is 7.94. The van der Waals surface area contributed by atoms with E-state index in [0.29, 0.717) is 43.7 Å². The van der Waals surface area contributed by atoms with E-state index in [9.17, 15) is 9.59 Å². The molecule has 1 N–H and O–H groups in total. The van der Waals surface area contributed by atoms with Gasteiger partial charge in [0.25, 0.3) is 5.56 Å². The van der Waals surface area contributed by atoms with Crippen LogP contribution in [0.15, 0.2) is 41.5 Å². The number of nitrogens with one attached hydrogen (secondary N) is 1. The summed E-state index contributed by atoms with van der Waals surface area (Å²) in [6.45, 7) is 1.69. The van der Waals surface area contributed by atoms with Gasteiger partial charge in [-0.2, -0.15) is 0 Å². The monoisotopic (exact) mass is 342 g/mol. The number of hydrogen-bond donors (Lipinski definition) is 1. The molecule has 0 fully saturated rings. The number of pyridine rings is 1. The Morgan fingerprint density at radius 3 is 2.92 bits per heavy atom. The van der Waals surface area contributed by atoms with Crippen molar-refractivity contribution in [3.63, 3.8) is 0 Å². The number of amides is 1. The second-order valence-electron chi connectivity index (χ2n) is 5.87. The van der Waals surface area contributed by atoms with Gasteiger partial charge in [0.2, 0.25) is 5.91 Å². The van der Waals surface area contributed by atoms with Crippen LogP contribution in [-0.4, -0.2) is 40.1 Å². The van der Waals surface area contributed by atoms with Crippen LogP contribution in [0.3, 0.4) is 0 Å². The average molecular weight is 342 g/mol. The number of rotatable bonds is 8. The fraction of sp³-hybridized carbons (Fsp3) is 0.389. The summed E-state index contributed by atoms with van der Waals surface area (Å²) >= 11 is 0. The van der Waals surface area contributed by atoms with Crippen LogP contribution >= 0.6 is 0 Å². The van der Waals surface area contributed by atoms with Crippen LogP contribution in [0.2, 0.25) is 0 Å². The van der Waals surface area contributed by atoms with Crippen LogP contribution in [0.5, 0.6) is 0 Å². The zero-order valence-electron chi connectivity index (χ0n) is 14.3. The first-order valence-corrected chi connectivity index (χ1v) is 8.42. The number of methoxy groups -OCH3 is 1. The van der Waals surface area contributed by atoms with E-state index >= 15 is 0 Å². The number of carbonyl (C=O) groups excluding carboxylic acids is 1. The molecule has 0 aromatic carbocycles. The molecule has 7 heteroatoms. The van der Waals surface area contributed by atoms with E-state index in [4.69, 9.17) is 4.74 Å². The minimum Gasteiger partial charge on any atom is -0.385 e. The third kappa shape index (κ3) is 3.71. The summed E-state index contributed by atoms with van der Waals surface area (Å²) in [6, 6.07) is 7.44. The van der Waals surface area contributed by atoms with Crippen molar-refractivity contribution in [2.24, 2.45) is 0 Å². The summed E-state index contributed by atoms with van der Waals surface area (Å²) in [7, 11) is 1.64. The molecule has 0 spiro atoms. The Morgan fingerprint density at radius 1 is 1.24 bits per heavy atom. The number of hydrogen-bond acceptors (Lipinski definition) is 4. The lowest BCUT2D eigenvalue weighted by atomic mass is 10.2. The Labute approximate surface area is 145 Å². The molecule has 0 aliphatic rings. The molecule has 3 rings (SSSR count). The van der Waals surface area contributed by atoms with Gasteiger partial charge in [-0.15, -0.1) is 0 Å². The van der Waals surface area contributed by atoms with Crippen molar-refractivity contribution in [2.45, 2.75) is 25.8 Å². The van der Waals surface area contributed by atoms with Crippen molar-refractivity contribution in [1.29, 1.82) is 0 Å². The highest BCUT2D eigenvalue weighted by Gasteiger charge is 2.11. The quantitative estimate of drug-likeness (QED) is 0.631. The number of aromatic nitrogens is 3. The van der Waals surface area contributed by atoms with Gasteiger partial charge in [-0.3, -0.25) is 14.2 Å². The molecule has 0 saturated carbocycles. The van der Waals surface area contributed by atoms with Crippen LogP contribution in [0.4, 0.5) is 0 Å². The fourth-order valence-corrected chi connectivity index (χ4v) is 2.92. The summed E-state index contributed by atoms with van der Waals surface area (Å²) in [5.41, 5.74) is 2.05. The van der Waals surface area contributed by atoms with Gasteiger partial charge in [0.05, 0.1) is 5.52 Å². The molecular formula is C18H22N4O3. The SMILES string of the molecule is COCCCNC(=O)CCCn1c(=O)c2cccn2c2cccnc21.